The minimum absolute atomic E-state index is 0.452. The molecular weight excluding hydrogens is 222 g/mol. The van der Waals surface area contributed by atoms with Crippen molar-refractivity contribution in [2.75, 3.05) is 7.11 Å². The van der Waals surface area contributed by atoms with E-state index in [1.54, 1.807) is 6.92 Å². The van der Waals surface area contributed by atoms with Crippen LogP contribution in [-0.2, 0) is 16.1 Å². The van der Waals surface area contributed by atoms with Crippen LogP contribution >= 0.6 is 0 Å². The molecule has 0 radical (unpaired) electrons. The van der Waals surface area contributed by atoms with Gasteiger partial charge < -0.3 is 14.3 Å². The third-order valence-corrected chi connectivity index (χ3v) is 2.59. The zero-order chi connectivity index (χ0) is 13.0. The quantitative estimate of drug-likeness (QED) is 0.750. The van der Waals surface area contributed by atoms with E-state index in [2.05, 4.69) is 10.1 Å². The highest BCUT2D eigenvalue weighted by atomic mass is 16.5. The molecule has 1 aromatic heterocycles. The minimum atomic E-state index is -0.809. The van der Waals surface area contributed by atoms with Gasteiger partial charge in [-0.2, -0.15) is 0 Å². The van der Waals surface area contributed by atoms with Gasteiger partial charge >= 0.3 is 5.97 Å². The van der Waals surface area contributed by atoms with Crippen molar-refractivity contribution in [3.05, 3.63) is 23.2 Å². The Morgan fingerprint density at radius 1 is 1.59 bits per heavy atom. The topological polar surface area (TPSA) is 71.7 Å². The third-order valence-electron chi connectivity index (χ3n) is 2.59. The van der Waals surface area contributed by atoms with Crippen LogP contribution in [0.1, 0.15) is 24.0 Å². The van der Waals surface area contributed by atoms with Crippen LogP contribution in [0.3, 0.4) is 0 Å². The number of aliphatic hydroxyl groups excluding tert-OH is 1. The number of rotatable bonds is 5. The van der Waals surface area contributed by atoms with Crippen molar-refractivity contribution in [3.63, 3.8) is 0 Å². The highest BCUT2D eigenvalue weighted by molar-refractivity contribution is 5.76. The average Bonchev–Trinajstić information content (AvgIpc) is 2.57. The Labute approximate surface area is 101 Å². The molecule has 2 N–H and O–H groups in total. The average molecular weight is 241 g/mol. The number of ether oxygens (including phenoxy) is 1. The monoisotopic (exact) mass is 241 g/mol. The number of carbonyl (C=O) groups excluding carboxylic acids is 1. The van der Waals surface area contributed by atoms with Gasteiger partial charge in [0.25, 0.3) is 0 Å². The Hall–Kier alpha value is -1.33. The first-order chi connectivity index (χ1) is 7.95. The highest BCUT2D eigenvalue weighted by Gasteiger charge is 2.24. The SMILES string of the molecule is COC(=O)[C@@H](NCc1cc(C)oc1C)[C@H](C)O. The van der Waals surface area contributed by atoms with E-state index in [0.717, 1.165) is 17.1 Å². The second-order valence-corrected chi connectivity index (χ2v) is 4.06. The molecule has 0 spiro atoms. The molecule has 0 saturated carbocycles. The molecule has 2 atom stereocenters. The number of hydrogen-bond donors (Lipinski definition) is 2. The number of methoxy groups -OCH3 is 1. The summed E-state index contributed by atoms with van der Waals surface area (Å²) < 4.78 is 9.99. The molecule has 5 nitrogen and oxygen atoms in total. The molecule has 96 valence electrons. The number of aryl methyl sites for hydroxylation is 2. The van der Waals surface area contributed by atoms with E-state index in [4.69, 9.17) is 4.42 Å². The van der Waals surface area contributed by atoms with Crippen LogP contribution in [0, 0.1) is 13.8 Å². The van der Waals surface area contributed by atoms with Gasteiger partial charge in [0.1, 0.15) is 17.6 Å². The lowest BCUT2D eigenvalue weighted by molar-refractivity contribution is -0.145. The number of aliphatic hydroxyl groups is 1. The molecule has 1 rings (SSSR count). The van der Waals surface area contributed by atoms with Crippen molar-refractivity contribution in [3.8, 4) is 0 Å². The predicted octanol–water partition coefficient (Wildman–Crippen LogP) is 0.908. The molecule has 0 amide bonds. The molecule has 1 heterocycles. The van der Waals surface area contributed by atoms with Crippen molar-refractivity contribution >= 4 is 5.97 Å². The van der Waals surface area contributed by atoms with Gasteiger partial charge in [0, 0.05) is 12.1 Å². The van der Waals surface area contributed by atoms with Gasteiger partial charge in [-0.25, -0.2) is 0 Å². The fourth-order valence-corrected chi connectivity index (χ4v) is 1.66. The molecule has 17 heavy (non-hydrogen) atoms. The fourth-order valence-electron chi connectivity index (χ4n) is 1.66. The van der Waals surface area contributed by atoms with E-state index in [9.17, 15) is 9.90 Å². The number of esters is 1. The lowest BCUT2D eigenvalue weighted by atomic mass is 10.1. The van der Waals surface area contributed by atoms with E-state index >= 15 is 0 Å². The highest BCUT2D eigenvalue weighted by Crippen LogP contribution is 2.13. The number of hydrogen-bond acceptors (Lipinski definition) is 5. The Morgan fingerprint density at radius 2 is 2.24 bits per heavy atom. The Morgan fingerprint density at radius 3 is 2.65 bits per heavy atom. The zero-order valence-electron chi connectivity index (χ0n) is 10.6. The maximum absolute atomic E-state index is 11.4. The molecule has 0 bridgehead atoms. The van der Waals surface area contributed by atoms with Gasteiger partial charge in [-0.05, 0) is 26.8 Å². The number of carbonyl (C=O) groups is 1. The Kier molecular flexibility index (Phi) is 4.72. The van der Waals surface area contributed by atoms with Crippen LogP contribution in [0.2, 0.25) is 0 Å². The van der Waals surface area contributed by atoms with E-state index in [-0.39, 0.29) is 0 Å². The van der Waals surface area contributed by atoms with Crippen LogP contribution in [0.5, 0.6) is 0 Å². The summed E-state index contributed by atoms with van der Waals surface area (Å²) in [5.41, 5.74) is 0.969. The summed E-state index contributed by atoms with van der Waals surface area (Å²) >= 11 is 0. The van der Waals surface area contributed by atoms with Crippen LogP contribution in [0.4, 0.5) is 0 Å². The lowest BCUT2D eigenvalue weighted by Crippen LogP contribution is -2.45. The van der Waals surface area contributed by atoms with E-state index < -0.39 is 18.1 Å². The standard InChI is InChI=1S/C12H19NO4/c1-7-5-10(9(3)17-7)6-13-11(8(2)14)12(15)16-4/h5,8,11,13-14H,6H2,1-4H3/t8-,11-/m0/s1. The zero-order valence-corrected chi connectivity index (χ0v) is 10.6. The molecule has 5 heteroatoms. The van der Waals surface area contributed by atoms with E-state index in [1.165, 1.54) is 7.11 Å². The van der Waals surface area contributed by atoms with Gasteiger partial charge in [0.2, 0.25) is 0 Å². The van der Waals surface area contributed by atoms with Crippen molar-refractivity contribution in [1.82, 2.24) is 5.32 Å². The van der Waals surface area contributed by atoms with Crippen LogP contribution in [0.15, 0.2) is 10.5 Å². The largest absolute Gasteiger partial charge is 0.468 e. The second kappa shape index (κ2) is 5.84. The molecule has 0 aliphatic rings. The van der Waals surface area contributed by atoms with E-state index in [1.807, 2.05) is 19.9 Å². The van der Waals surface area contributed by atoms with Crippen molar-refractivity contribution < 1.29 is 19.1 Å². The summed E-state index contributed by atoms with van der Waals surface area (Å²) in [5, 5.41) is 12.4. The first-order valence-corrected chi connectivity index (χ1v) is 5.51. The predicted molar refractivity (Wildman–Crippen MR) is 62.5 cm³/mol. The van der Waals surface area contributed by atoms with E-state index in [0.29, 0.717) is 6.54 Å². The summed E-state index contributed by atoms with van der Waals surface area (Å²) in [5.74, 6) is 1.16. The van der Waals surface area contributed by atoms with Gasteiger partial charge in [0.15, 0.2) is 0 Å². The van der Waals surface area contributed by atoms with Crippen molar-refractivity contribution in [2.45, 2.75) is 39.5 Å². The Bertz CT molecular complexity index is 384. The summed E-state index contributed by atoms with van der Waals surface area (Å²) in [6, 6.07) is 1.17. The summed E-state index contributed by atoms with van der Waals surface area (Å²) in [6.07, 6.45) is -0.809. The van der Waals surface area contributed by atoms with Gasteiger partial charge in [0.05, 0.1) is 13.2 Å². The second-order valence-electron chi connectivity index (χ2n) is 4.06. The molecule has 0 fully saturated rings. The Balaban J connectivity index is 2.64. The normalized spacial score (nSPS) is 14.4. The summed E-state index contributed by atoms with van der Waals surface area (Å²) in [7, 11) is 1.30. The minimum Gasteiger partial charge on any atom is -0.468 e. The van der Waals surface area contributed by atoms with Crippen LogP contribution in [-0.4, -0.2) is 30.3 Å². The fraction of sp³-hybridized carbons (Fsp3) is 0.583. The van der Waals surface area contributed by atoms with Crippen LogP contribution < -0.4 is 5.32 Å². The van der Waals surface area contributed by atoms with Crippen LogP contribution in [0.25, 0.3) is 0 Å². The maximum atomic E-state index is 11.4. The first kappa shape index (κ1) is 13.7. The first-order valence-electron chi connectivity index (χ1n) is 5.51. The molecule has 0 aliphatic heterocycles. The molecule has 0 aliphatic carbocycles. The lowest BCUT2D eigenvalue weighted by Gasteiger charge is -2.18. The number of nitrogens with one attached hydrogen (secondary N) is 1. The summed E-state index contributed by atoms with van der Waals surface area (Å²) in [4.78, 5) is 11.4. The molecule has 0 unspecified atom stereocenters. The van der Waals surface area contributed by atoms with Gasteiger partial charge in [-0.1, -0.05) is 0 Å². The molecule has 0 saturated heterocycles. The maximum Gasteiger partial charge on any atom is 0.325 e. The molecule has 0 aromatic carbocycles. The van der Waals surface area contributed by atoms with Crippen molar-refractivity contribution in [2.24, 2.45) is 0 Å². The molecule has 1 aromatic rings. The smallest absolute Gasteiger partial charge is 0.325 e. The van der Waals surface area contributed by atoms with Gasteiger partial charge in [-0.3, -0.25) is 10.1 Å². The summed E-state index contributed by atoms with van der Waals surface area (Å²) in [6.45, 7) is 5.72. The molecular formula is C12H19NO4. The van der Waals surface area contributed by atoms with Gasteiger partial charge in [-0.15, -0.1) is 0 Å². The van der Waals surface area contributed by atoms with Crippen molar-refractivity contribution in [1.29, 1.82) is 0 Å². The number of furan rings is 1. The third kappa shape index (κ3) is 3.57.